The molecule has 0 aromatic carbocycles. The van der Waals surface area contributed by atoms with Crippen LogP contribution in [0.3, 0.4) is 0 Å². The number of hydrogen-bond acceptors (Lipinski definition) is 0. The van der Waals surface area contributed by atoms with Crippen molar-refractivity contribution >= 4 is 22.9 Å². The average Bonchev–Trinajstić information content (AvgIpc) is 1.41. The first-order chi connectivity index (χ1) is 2.41. The van der Waals surface area contributed by atoms with Crippen molar-refractivity contribution in [2.45, 2.75) is 22.2 Å². The van der Waals surface area contributed by atoms with Gasteiger partial charge in [0.05, 0.1) is 0 Å². The Morgan fingerprint density at radius 1 is 1.17 bits per heavy atom. The van der Waals surface area contributed by atoms with Gasteiger partial charge in [0.15, 0.2) is 0 Å². The van der Waals surface area contributed by atoms with Crippen LogP contribution in [0.4, 0.5) is 0 Å². The Bertz CT molecular complexity index is 15.0. The van der Waals surface area contributed by atoms with Crippen LogP contribution >= 0.6 is 0 Å². The third-order valence-electron chi connectivity index (χ3n) is 0.577. The van der Waals surface area contributed by atoms with Crippen molar-refractivity contribution in [3.8, 4) is 0 Å². The van der Waals surface area contributed by atoms with Crippen LogP contribution in [0.1, 0.15) is 13.8 Å². The summed E-state index contributed by atoms with van der Waals surface area (Å²) in [6.07, 6.45) is 0. The van der Waals surface area contributed by atoms with Crippen LogP contribution in [-0.4, -0.2) is 28.4 Å². The summed E-state index contributed by atoms with van der Waals surface area (Å²) in [4.78, 5) is 0. The molecule has 0 saturated carbocycles. The Hall–Kier alpha value is 0.830. The van der Waals surface area contributed by atoms with Crippen molar-refractivity contribution in [1.29, 1.82) is 0 Å². The van der Waals surface area contributed by atoms with Gasteiger partial charge < -0.3 is 5.48 Å². The predicted molar refractivity (Wildman–Crippen MR) is 30.3 cm³/mol. The standard InChI is InChI=1S/2C2H5.In.H2O/c2*1-2;;/h2*1H2,2H3;;1H2. The van der Waals surface area contributed by atoms with E-state index in [4.69, 9.17) is 0 Å². The Morgan fingerprint density at radius 3 is 1.50 bits per heavy atom. The van der Waals surface area contributed by atoms with E-state index in [2.05, 4.69) is 13.8 Å². The van der Waals surface area contributed by atoms with Gasteiger partial charge in [-0.15, -0.1) is 0 Å². The van der Waals surface area contributed by atoms with Crippen molar-refractivity contribution in [3.05, 3.63) is 0 Å². The van der Waals surface area contributed by atoms with E-state index in [0.29, 0.717) is 0 Å². The first-order valence-corrected chi connectivity index (χ1v) is 6.89. The molecule has 0 heterocycles. The van der Waals surface area contributed by atoms with Gasteiger partial charge in [-0.25, -0.2) is 0 Å². The fourth-order valence-corrected chi connectivity index (χ4v) is 1.94. The van der Waals surface area contributed by atoms with Crippen molar-refractivity contribution in [2.24, 2.45) is 0 Å². The predicted octanol–water partition coefficient (Wildman–Crippen LogP) is 0.742. The molecule has 0 saturated heterocycles. The van der Waals surface area contributed by atoms with E-state index in [9.17, 15) is 0 Å². The average molecular weight is 191 g/mol. The van der Waals surface area contributed by atoms with Gasteiger partial charge in [0, 0.05) is 0 Å². The van der Waals surface area contributed by atoms with Crippen LogP contribution in [0.5, 0.6) is 0 Å². The third-order valence-corrected chi connectivity index (χ3v) is 3.87. The molecule has 0 fully saturated rings. The van der Waals surface area contributed by atoms with Crippen LogP contribution in [0.2, 0.25) is 8.35 Å². The molecule has 2 heteroatoms. The van der Waals surface area contributed by atoms with Crippen molar-refractivity contribution in [3.63, 3.8) is 0 Å². The Labute approximate surface area is 50.8 Å². The molecule has 0 aliphatic heterocycles. The quantitative estimate of drug-likeness (QED) is 0.616. The van der Waals surface area contributed by atoms with Crippen LogP contribution in [0.25, 0.3) is 0 Å². The Morgan fingerprint density at radius 2 is 1.50 bits per heavy atom. The minimum atomic E-state index is 0. The molecule has 1 radical (unpaired) electrons. The summed E-state index contributed by atoms with van der Waals surface area (Å²) in [5, 5.41) is 0. The van der Waals surface area contributed by atoms with E-state index < -0.39 is 0 Å². The summed E-state index contributed by atoms with van der Waals surface area (Å²) in [6, 6.07) is 0. The maximum atomic E-state index is 2.30. The van der Waals surface area contributed by atoms with E-state index in [0.717, 1.165) is 0 Å². The molecule has 2 N–H and O–H groups in total. The molecule has 0 rings (SSSR count). The molecular formula is C4H12InO. The monoisotopic (exact) mass is 191 g/mol. The molecule has 0 aliphatic carbocycles. The van der Waals surface area contributed by atoms with Gasteiger partial charge >= 0.3 is 45.1 Å². The number of rotatable bonds is 2. The summed E-state index contributed by atoms with van der Waals surface area (Å²) >= 11 is 0.0800. The van der Waals surface area contributed by atoms with Crippen molar-refractivity contribution in [2.75, 3.05) is 0 Å². The van der Waals surface area contributed by atoms with Crippen molar-refractivity contribution < 1.29 is 5.48 Å². The van der Waals surface area contributed by atoms with Crippen LogP contribution in [-0.2, 0) is 0 Å². The molecule has 0 spiro atoms. The molecule has 0 aromatic rings. The topological polar surface area (TPSA) is 31.5 Å². The summed E-state index contributed by atoms with van der Waals surface area (Å²) in [6.45, 7) is 4.59. The summed E-state index contributed by atoms with van der Waals surface area (Å²) in [5.41, 5.74) is 0. The van der Waals surface area contributed by atoms with E-state index >= 15 is 0 Å². The normalized spacial score (nSPS) is 6.33. The van der Waals surface area contributed by atoms with Gasteiger partial charge in [-0.3, -0.25) is 0 Å². The molecule has 37 valence electrons. The van der Waals surface area contributed by atoms with E-state index in [1.807, 2.05) is 0 Å². The van der Waals surface area contributed by atoms with E-state index in [1.54, 1.807) is 0 Å². The van der Waals surface area contributed by atoms with Gasteiger partial charge in [0.1, 0.15) is 0 Å². The minimum Gasteiger partial charge on any atom is -0.412 e. The van der Waals surface area contributed by atoms with Crippen LogP contribution in [0, 0.1) is 0 Å². The van der Waals surface area contributed by atoms with Crippen LogP contribution in [0.15, 0.2) is 0 Å². The van der Waals surface area contributed by atoms with E-state index in [1.165, 1.54) is 8.35 Å². The molecular weight excluding hydrogens is 179 g/mol. The van der Waals surface area contributed by atoms with Gasteiger partial charge in [0.2, 0.25) is 0 Å². The van der Waals surface area contributed by atoms with Gasteiger partial charge in [-0.1, -0.05) is 0 Å². The summed E-state index contributed by atoms with van der Waals surface area (Å²) in [5.74, 6) is 0. The molecule has 0 atom stereocenters. The Kier molecular flexibility index (Phi) is 15.4. The molecule has 1 nitrogen and oxygen atoms in total. The molecule has 0 bridgehead atoms. The SMILES string of the molecule is C[CH2][In][CH2]C.O. The second-order valence-corrected chi connectivity index (χ2v) is 7.41. The largest absolute Gasteiger partial charge is 0.412 e. The fourth-order valence-electron chi connectivity index (χ4n) is 0.289. The first kappa shape index (κ1) is 9.95. The first-order valence-electron chi connectivity index (χ1n) is 2.23. The summed E-state index contributed by atoms with van der Waals surface area (Å²) in [7, 11) is 0. The van der Waals surface area contributed by atoms with Gasteiger partial charge in [0.25, 0.3) is 0 Å². The van der Waals surface area contributed by atoms with Crippen molar-refractivity contribution in [1.82, 2.24) is 0 Å². The second kappa shape index (κ2) is 9.27. The molecule has 6 heavy (non-hydrogen) atoms. The van der Waals surface area contributed by atoms with Crippen LogP contribution < -0.4 is 0 Å². The smallest absolute Gasteiger partial charge is 0.412 e. The zero-order valence-corrected chi connectivity index (χ0v) is 7.79. The van der Waals surface area contributed by atoms with Gasteiger partial charge in [-0.05, 0) is 0 Å². The minimum absolute atomic E-state index is 0. The maximum absolute atomic E-state index is 2.30. The molecule has 0 unspecified atom stereocenters. The zero-order chi connectivity index (χ0) is 4.12. The molecule has 0 amide bonds. The molecule has 0 aromatic heterocycles. The third kappa shape index (κ3) is 8.85. The molecule has 0 aliphatic rings. The van der Waals surface area contributed by atoms with Gasteiger partial charge in [-0.2, -0.15) is 0 Å². The zero-order valence-electron chi connectivity index (χ0n) is 4.49. The maximum Gasteiger partial charge on any atom is -0.412 e. The van der Waals surface area contributed by atoms with E-state index in [-0.39, 0.29) is 28.4 Å². The number of hydrogen-bond donors (Lipinski definition) is 0. The summed E-state index contributed by atoms with van der Waals surface area (Å²) < 4.78 is 3.07. The Balaban J connectivity index is 0. The second-order valence-electron chi connectivity index (χ2n) is 1.11. The fraction of sp³-hybridized carbons (Fsp3) is 1.00.